The molecule has 0 aromatic heterocycles. The predicted molar refractivity (Wildman–Crippen MR) is 136 cm³/mol. The molecule has 0 radical (unpaired) electrons. The number of nitrogens with one attached hydrogen (secondary N) is 2. The topological polar surface area (TPSA) is 131 Å². The van der Waals surface area contributed by atoms with E-state index in [-0.39, 0.29) is 21.9 Å². The van der Waals surface area contributed by atoms with Gasteiger partial charge in [-0.05, 0) is 42.0 Å². The number of carbonyl (C=O) groups excluding carboxylic acids is 3. The first-order valence-corrected chi connectivity index (χ1v) is 12.6. The number of amides is 3. The molecule has 3 aromatic rings. The Bertz CT molecular complexity index is 1360. The number of sulfone groups is 1. The van der Waals surface area contributed by atoms with E-state index in [1.54, 1.807) is 68.7 Å². The Hall–Kier alpha value is -4.38. The minimum atomic E-state index is -3.90. The van der Waals surface area contributed by atoms with E-state index in [9.17, 15) is 22.8 Å². The van der Waals surface area contributed by atoms with Gasteiger partial charge in [-0.25, -0.2) is 22.8 Å². The van der Waals surface area contributed by atoms with Gasteiger partial charge in [-0.2, -0.15) is 0 Å². The van der Waals surface area contributed by atoms with Gasteiger partial charge in [0.15, 0.2) is 0 Å². The van der Waals surface area contributed by atoms with E-state index in [0.717, 1.165) is 0 Å². The van der Waals surface area contributed by atoms with Gasteiger partial charge in [-0.1, -0.05) is 42.5 Å². The molecule has 0 aliphatic heterocycles. The number of hydrogen-bond acceptors (Lipinski definition) is 7. The smallest absolute Gasteiger partial charge is 0.414 e. The molecule has 1 atom stereocenters. The summed E-state index contributed by atoms with van der Waals surface area (Å²) >= 11 is 0. The van der Waals surface area contributed by atoms with Crippen molar-refractivity contribution in [3.05, 3.63) is 84.4 Å². The highest BCUT2D eigenvalue weighted by molar-refractivity contribution is 7.91. The number of carbonyl (C=O) groups is 3. The van der Waals surface area contributed by atoms with Crippen molar-refractivity contribution in [1.82, 2.24) is 10.2 Å². The summed E-state index contributed by atoms with van der Waals surface area (Å²) in [4.78, 5) is 38.1. The quantitative estimate of drug-likeness (QED) is 0.431. The van der Waals surface area contributed by atoms with Gasteiger partial charge in [-0.3, -0.25) is 0 Å². The van der Waals surface area contributed by atoms with E-state index in [2.05, 4.69) is 10.6 Å². The minimum Gasteiger partial charge on any atom is -0.467 e. The summed E-state index contributed by atoms with van der Waals surface area (Å²) in [5.74, 6) is -0.373. The number of benzene rings is 3. The number of methoxy groups -OCH3 is 1. The van der Waals surface area contributed by atoms with Crippen molar-refractivity contribution in [3.8, 4) is 5.75 Å². The van der Waals surface area contributed by atoms with Gasteiger partial charge in [0.1, 0.15) is 11.8 Å². The van der Waals surface area contributed by atoms with E-state index in [4.69, 9.17) is 9.47 Å². The van der Waals surface area contributed by atoms with Gasteiger partial charge in [0.2, 0.25) is 9.84 Å². The summed E-state index contributed by atoms with van der Waals surface area (Å²) in [6.07, 6.45) is -0.459. The lowest BCUT2D eigenvalue weighted by Crippen LogP contribution is -2.45. The summed E-state index contributed by atoms with van der Waals surface area (Å²) < 4.78 is 36.2. The van der Waals surface area contributed by atoms with Gasteiger partial charge >= 0.3 is 18.1 Å². The van der Waals surface area contributed by atoms with Gasteiger partial charge < -0.3 is 25.0 Å². The highest BCUT2D eigenvalue weighted by Crippen LogP contribution is 2.27. The fourth-order valence-electron chi connectivity index (χ4n) is 3.30. The molecule has 0 bridgehead atoms. The molecule has 1 unspecified atom stereocenters. The van der Waals surface area contributed by atoms with Crippen LogP contribution in [0.1, 0.15) is 5.56 Å². The molecule has 0 saturated carbocycles. The molecule has 37 heavy (non-hydrogen) atoms. The lowest BCUT2D eigenvalue weighted by Gasteiger charge is -2.18. The zero-order valence-corrected chi connectivity index (χ0v) is 21.3. The third-order valence-electron chi connectivity index (χ3n) is 5.20. The van der Waals surface area contributed by atoms with Crippen LogP contribution in [-0.4, -0.2) is 58.7 Å². The average Bonchev–Trinajstić information content (AvgIpc) is 2.89. The number of anilines is 1. The second-order valence-electron chi connectivity index (χ2n) is 8.10. The molecule has 3 rings (SSSR count). The van der Waals surface area contributed by atoms with Crippen molar-refractivity contribution in [2.75, 3.05) is 26.5 Å². The molecule has 0 aliphatic carbocycles. The number of esters is 1. The Balaban J connectivity index is 1.74. The van der Waals surface area contributed by atoms with Crippen molar-refractivity contribution in [2.45, 2.75) is 22.3 Å². The standard InChI is InChI=1S/C26H27N3O7S/c1-29(2)26(32)36-19-15-13-18(14-16-19)17-22(24(30)35-3)28-25(31)27-21-11-7-8-12-23(21)37(33,34)20-9-5-4-6-10-20/h4-16,22H,17H2,1-3H3,(H2,27,28,31). The molecule has 2 N–H and O–H groups in total. The highest BCUT2D eigenvalue weighted by Gasteiger charge is 2.25. The summed E-state index contributed by atoms with van der Waals surface area (Å²) in [5.41, 5.74) is 0.715. The first kappa shape index (κ1) is 27.2. The zero-order chi connectivity index (χ0) is 27.0. The minimum absolute atomic E-state index is 0.0551. The van der Waals surface area contributed by atoms with Crippen molar-refractivity contribution >= 4 is 33.6 Å². The Morgan fingerprint density at radius 2 is 1.51 bits per heavy atom. The van der Waals surface area contributed by atoms with E-state index in [1.165, 1.54) is 36.3 Å². The Labute approximate surface area is 215 Å². The fraction of sp³-hybridized carbons (Fsp3) is 0.192. The van der Waals surface area contributed by atoms with E-state index < -0.39 is 34.0 Å². The molecule has 0 saturated heterocycles. The van der Waals surface area contributed by atoms with Gasteiger partial charge in [0.05, 0.1) is 22.6 Å². The van der Waals surface area contributed by atoms with Crippen LogP contribution in [0.15, 0.2) is 88.7 Å². The van der Waals surface area contributed by atoms with Gasteiger partial charge in [-0.15, -0.1) is 0 Å². The van der Waals surface area contributed by atoms with E-state index in [1.807, 2.05) is 0 Å². The van der Waals surface area contributed by atoms with Gasteiger partial charge in [0.25, 0.3) is 0 Å². The van der Waals surface area contributed by atoms with E-state index in [0.29, 0.717) is 11.3 Å². The molecule has 194 valence electrons. The first-order valence-electron chi connectivity index (χ1n) is 11.1. The third kappa shape index (κ3) is 7.07. The van der Waals surface area contributed by atoms with Crippen molar-refractivity contribution in [3.63, 3.8) is 0 Å². The maximum Gasteiger partial charge on any atom is 0.414 e. The van der Waals surface area contributed by atoms with Crippen LogP contribution >= 0.6 is 0 Å². The molecule has 0 fully saturated rings. The van der Waals surface area contributed by atoms with Crippen LogP contribution in [0.25, 0.3) is 0 Å². The summed E-state index contributed by atoms with van der Waals surface area (Å²) in [5, 5.41) is 5.06. The monoisotopic (exact) mass is 525 g/mol. The SMILES string of the molecule is COC(=O)C(Cc1ccc(OC(=O)N(C)C)cc1)NC(=O)Nc1ccccc1S(=O)(=O)c1ccccc1. The second kappa shape index (κ2) is 12.0. The van der Waals surface area contributed by atoms with Crippen LogP contribution < -0.4 is 15.4 Å². The number of hydrogen-bond donors (Lipinski definition) is 2. The fourth-order valence-corrected chi connectivity index (χ4v) is 4.74. The molecular weight excluding hydrogens is 498 g/mol. The largest absolute Gasteiger partial charge is 0.467 e. The molecule has 11 heteroatoms. The average molecular weight is 526 g/mol. The molecule has 3 amide bonds. The summed E-state index contributed by atoms with van der Waals surface area (Å²) in [6, 6.07) is 18.4. The molecule has 0 heterocycles. The van der Waals surface area contributed by atoms with E-state index >= 15 is 0 Å². The van der Waals surface area contributed by atoms with Crippen LogP contribution in [0.4, 0.5) is 15.3 Å². The number of para-hydroxylation sites is 1. The Morgan fingerprint density at radius 1 is 0.892 bits per heavy atom. The highest BCUT2D eigenvalue weighted by atomic mass is 32.2. The molecular formula is C26H27N3O7S. The van der Waals surface area contributed by atoms with Crippen molar-refractivity contribution in [1.29, 1.82) is 0 Å². The maximum atomic E-state index is 13.1. The zero-order valence-electron chi connectivity index (χ0n) is 20.5. The lowest BCUT2D eigenvalue weighted by atomic mass is 10.1. The number of ether oxygens (including phenoxy) is 2. The van der Waals surface area contributed by atoms with Crippen LogP contribution in [0.2, 0.25) is 0 Å². The molecule has 0 aliphatic rings. The van der Waals surface area contributed by atoms with Crippen LogP contribution in [0, 0.1) is 0 Å². The first-order chi connectivity index (χ1) is 17.6. The molecule has 0 spiro atoms. The number of urea groups is 1. The Morgan fingerprint density at radius 3 is 2.14 bits per heavy atom. The van der Waals surface area contributed by atoms with Crippen LogP contribution in [-0.2, 0) is 25.8 Å². The second-order valence-corrected chi connectivity index (χ2v) is 10.0. The third-order valence-corrected chi connectivity index (χ3v) is 7.03. The predicted octanol–water partition coefficient (Wildman–Crippen LogP) is 3.49. The normalized spacial score (nSPS) is 11.6. The van der Waals surface area contributed by atoms with Crippen molar-refractivity contribution in [2.24, 2.45) is 0 Å². The lowest BCUT2D eigenvalue weighted by molar-refractivity contribution is -0.142. The summed E-state index contributed by atoms with van der Waals surface area (Å²) in [7, 11) is 0.409. The van der Waals surface area contributed by atoms with Crippen molar-refractivity contribution < 1.29 is 32.3 Å². The van der Waals surface area contributed by atoms with Crippen LogP contribution in [0.5, 0.6) is 5.75 Å². The Kier molecular flexibility index (Phi) is 8.86. The number of nitrogens with zero attached hydrogens (tertiary/aromatic N) is 1. The summed E-state index contributed by atoms with van der Waals surface area (Å²) in [6.45, 7) is 0. The number of rotatable bonds is 8. The molecule has 10 nitrogen and oxygen atoms in total. The maximum absolute atomic E-state index is 13.1. The van der Waals surface area contributed by atoms with Crippen LogP contribution in [0.3, 0.4) is 0 Å². The van der Waals surface area contributed by atoms with Gasteiger partial charge in [0, 0.05) is 20.5 Å². The molecule has 3 aromatic carbocycles.